The third-order valence-electron chi connectivity index (χ3n) is 2.96. The van der Waals surface area contributed by atoms with Gasteiger partial charge in [-0.3, -0.25) is 0 Å². The molecular weight excluding hydrogens is 200 g/mol. The molecule has 0 bridgehead atoms. The summed E-state index contributed by atoms with van der Waals surface area (Å²) in [7, 11) is 0. The average molecular weight is 220 g/mol. The van der Waals surface area contributed by atoms with E-state index in [2.05, 4.69) is 34.8 Å². The van der Waals surface area contributed by atoms with Crippen LogP contribution in [0.5, 0.6) is 0 Å². The third kappa shape index (κ3) is 2.50. The first-order valence-electron chi connectivity index (χ1n) is 6.01. The van der Waals surface area contributed by atoms with Crippen molar-refractivity contribution in [1.82, 2.24) is 9.97 Å². The molecule has 0 atom stereocenters. The van der Waals surface area contributed by atoms with Gasteiger partial charge in [-0.2, -0.15) is 0 Å². The van der Waals surface area contributed by atoms with E-state index in [1.165, 1.54) is 18.5 Å². The smallest absolute Gasteiger partial charge is 0.132 e. The van der Waals surface area contributed by atoms with Gasteiger partial charge in [-0.15, -0.1) is 0 Å². The second-order valence-corrected chi connectivity index (χ2v) is 4.65. The zero-order valence-corrected chi connectivity index (χ0v) is 10.1. The lowest BCUT2D eigenvalue weighted by Gasteiger charge is -2.27. The fourth-order valence-corrected chi connectivity index (χ4v) is 1.90. The summed E-state index contributed by atoms with van der Waals surface area (Å²) < 4.78 is 0. The molecule has 1 aliphatic carbocycles. The van der Waals surface area contributed by atoms with Crippen LogP contribution in [-0.4, -0.2) is 29.1 Å². The molecule has 2 N–H and O–H groups in total. The predicted octanol–water partition coefficient (Wildman–Crippen LogP) is 1.53. The molecule has 0 aromatic carbocycles. The Morgan fingerprint density at radius 1 is 1.44 bits per heavy atom. The first-order valence-corrected chi connectivity index (χ1v) is 6.01. The normalized spacial score (nSPS) is 15.5. The van der Waals surface area contributed by atoms with Gasteiger partial charge in [0, 0.05) is 36.8 Å². The zero-order valence-electron chi connectivity index (χ0n) is 10.1. The van der Waals surface area contributed by atoms with Crippen LogP contribution in [0.25, 0.3) is 0 Å². The van der Waals surface area contributed by atoms with Crippen molar-refractivity contribution in [3.63, 3.8) is 0 Å². The Balaban J connectivity index is 2.19. The largest absolute Gasteiger partial charge is 0.353 e. The van der Waals surface area contributed by atoms with Crippen molar-refractivity contribution in [2.75, 3.05) is 18.0 Å². The topological polar surface area (TPSA) is 55.0 Å². The van der Waals surface area contributed by atoms with Gasteiger partial charge >= 0.3 is 0 Å². The fourth-order valence-electron chi connectivity index (χ4n) is 1.90. The standard InChI is InChI=1S/C12H20N4/c1-9(2)16(6-5-13)12-7-11(10-3-4-10)14-8-15-12/h7-10H,3-6,13H2,1-2H3. The Kier molecular flexibility index (Phi) is 3.39. The van der Waals surface area contributed by atoms with Crippen molar-refractivity contribution in [3.8, 4) is 0 Å². The van der Waals surface area contributed by atoms with E-state index in [4.69, 9.17) is 5.73 Å². The fraction of sp³-hybridized carbons (Fsp3) is 0.667. The second-order valence-electron chi connectivity index (χ2n) is 4.65. The summed E-state index contributed by atoms with van der Waals surface area (Å²) in [5.74, 6) is 1.69. The summed E-state index contributed by atoms with van der Waals surface area (Å²) in [5, 5.41) is 0. The van der Waals surface area contributed by atoms with Gasteiger partial charge in [0.15, 0.2) is 0 Å². The summed E-state index contributed by atoms with van der Waals surface area (Å²) >= 11 is 0. The van der Waals surface area contributed by atoms with Crippen LogP contribution < -0.4 is 10.6 Å². The van der Waals surface area contributed by atoms with Gasteiger partial charge in [-0.05, 0) is 26.7 Å². The molecule has 0 amide bonds. The molecule has 1 aromatic rings. The van der Waals surface area contributed by atoms with Crippen molar-refractivity contribution in [2.45, 2.75) is 38.6 Å². The average Bonchev–Trinajstić information content (AvgIpc) is 3.09. The Morgan fingerprint density at radius 3 is 2.75 bits per heavy atom. The molecule has 0 saturated heterocycles. The highest BCUT2D eigenvalue weighted by Crippen LogP contribution is 2.39. The van der Waals surface area contributed by atoms with Gasteiger partial charge < -0.3 is 10.6 Å². The number of nitrogens with two attached hydrogens (primary N) is 1. The highest BCUT2D eigenvalue weighted by molar-refractivity contribution is 5.41. The number of anilines is 1. The first-order chi connectivity index (χ1) is 7.72. The minimum Gasteiger partial charge on any atom is -0.353 e. The molecule has 4 nitrogen and oxygen atoms in total. The number of rotatable bonds is 5. The van der Waals surface area contributed by atoms with Crippen molar-refractivity contribution in [1.29, 1.82) is 0 Å². The SMILES string of the molecule is CC(C)N(CCN)c1cc(C2CC2)ncn1. The van der Waals surface area contributed by atoms with Crippen LogP contribution in [0.15, 0.2) is 12.4 Å². The monoisotopic (exact) mass is 220 g/mol. The molecule has 2 rings (SSSR count). The minimum atomic E-state index is 0.422. The van der Waals surface area contributed by atoms with E-state index in [-0.39, 0.29) is 0 Å². The van der Waals surface area contributed by atoms with Crippen LogP contribution in [0.1, 0.15) is 38.3 Å². The van der Waals surface area contributed by atoms with E-state index in [0.29, 0.717) is 18.5 Å². The van der Waals surface area contributed by atoms with E-state index in [1.54, 1.807) is 6.33 Å². The highest BCUT2D eigenvalue weighted by atomic mass is 15.2. The van der Waals surface area contributed by atoms with Crippen molar-refractivity contribution in [2.24, 2.45) is 5.73 Å². The number of nitrogens with zero attached hydrogens (tertiary/aromatic N) is 3. The maximum atomic E-state index is 5.63. The molecule has 0 unspecified atom stereocenters. The molecule has 1 aliphatic rings. The maximum Gasteiger partial charge on any atom is 0.132 e. The Labute approximate surface area is 96.9 Å². The third-order valence-corrected chi connectivity index (χ3v) is 2.96. The zero-order chi connectivity index (χ0) is 11.5. The molecule has 1 heterocycles. The number of aromatic nitrogens is 2. The highest BCUT2D eigenvalue weighted by Gasteiger charge is 2.26. The first kappa shape index (κ1) is 11.3. The maximum absolute atomic E-state index is 5.63. The quantitative estimate of drug-likeness (QED) is 0.817. The summed E-state index contributed by atoms with van der Waals surface area (Å²) in [6.45, 7) is 5.82. The van der Waals surface area contributed by atoms with Crippen LogP contribution >= 0.6 is 0 Å². The van der Waals surface area contributed by atoms with Crippen LogP contribution in [0.2, 0.25) is 0 Å². The van der Waals surface area contributed by atoms with E-state index < -0.39 is 0 Å². The molecule has 1 fully saturated rings. The summed E-state index contributed by atoms with van der Waals surface area (Å²) in [6.07, 6.45) is 4.22. The summed E-state index contributed by atoms with van der Waals surface area (Å²) in [4.78, 5) is 10.9. The van der Waals surface area contributed by atoms with E-state index in [1.807, 2.05) is 0 Å². The van der Waals surface area contributed by atoms with Gasteiger partial charge in [0.25, 0.3) is 0 Å². The lowest BCUT2D eigenvalue weighted by molar-refractivity contribution is 0.672. The molecule has 0 radical (unpaired) electrons. The Morgan fingerprint density at radius 2 is 2.19 bits per heavy atom. The molecule has 0 spiro atoms. The number of hydrogen-bond acceptors (Lipinski definition) is 4. The molecule has 1 saturated carbocycles. The molecule has 88 valence electrons. The minimum absolute atomic E-state index is 0.422. The van der Waals surface area contributed by atoms with E-state index in [9.17, 15) is 0 Å². The second kappa shape index (κ2) is 4.78. The molecule has 1 aromatic heterocycles. The predicted molar refractivity (Wildman–Crippen MR) is 65.5 cm³/mol. The van der Waals surface area contributed by atoms with Crippen molar-refractivity contribution in [3.05, 3.63) is 18.1 Å². The van der Waals surface area contributed by atoms with Crippen LogP contribution in [0.3, 0.4) is 0 Å². The van der Waals surface area contributed by atoms with E-state index >= 15 is 0 Å². The summed E-state index contributed by atoms with van der Waals surface area (Å²) in [6, 6.07) is 2.54. The molecule has 16 heavy (non-hydrogen) atoms. The lowest BCUT2D eigenvalue weighted by Crippen LogP contribution is -2.36. The van der Waals surface area contributed by atoms with Crippen molar-refractivity contribution < 1.29 is 0 Å². The van der Waals surface area contributed by atoms with Crippen LogP contribution in [0, 0.1) is 0 Å². The van der Waals surface area contributed by atoms with Gasteiger partial charge in [0.05, 0.1) is 0 Å². The lowest BCUT2D eigenvalue weighted by atomic mass is 10.2. The van der Waals surface area contributed by atoms with Gasteiger partial charge in [-0.1, -0.05) is 0 Å². The Bertz CT molecular complexity index is 347. The molecule has 4 heteroatoms. The summed E-state index contributed by atoms with van der Waals surface area (Å²) in [5.41, 5.74) is 6.82. The van der Waals surface area contributed by atoms with Crippen LogP contribution in [0.4, 0.5) is 5.82 Å². The number of hydrogen-bond donors (Lipinski definition) is 1. The van der Waals surface area contributed by atoms with Gasteiger partial charge in [0.1, 0.15) is 12.1 Å². The van der Waals surface area contributed by atoms with Gasteiger partial charge in [0.2, 0.25) is 0 Å². The molecular formula is C12H20N4. The van der Waals surface area contributed by atoms with Crippen LogP contribution in [-0.2, 0) is 0 Å². The van der Waals surface area contributed by atoms with E-state index in [0.717, 1.165) is 12.4 Å². The Hall–Kier alpha value is -1.16. The molecule has 0 aliphatic heterocycles. The van der Waals surface area contributed by atoms with Crippen molar-refractivity contribution >= 4 is 5.82 Å². The van der Waals surface area contributed by atoms with Gasteiger partial charge in [-0.25, -0.2) is 9.97 Å².